The topological polar surface area (TPSA) is 42.4 Å². The smallest absolute Gasteiger partial charge is 0.218 e. The standard InChI is InChI=1S/C45H25N5/c1-47-32-23-24-43-38(27-32)36-14-6-10-18-42(36)49(43)39-15-7-3-11-33(39)30-19-21-31(22-20-30)37-25-29(28-46)26-44(45(37)48-2)50-40-16-8-4-12-34(40)35-13-5-9-17-41(35)50/h3-27H. The number of fused-ring (bicyclic) bond motifs is 6. The Hall–Kier alpha value is -7.39. The fourth-order valence-electron chi connectivity index (χ4n) is 7.41. The zero-order valence-corrected chi connectivity index (χ0v) is 26.7. The van der Waals surface area contributed by atoms with Crippen LogP contribution in [0.5, 0.6) is 0 Å². The van der Waals surface area contributed by atoms with Gasteiger partial charge in [0.25, 0.3) is 0 Å². The van der Waals surface area contributed by atoms with E-state index in [2.05, 4.69) is 85.6 Å². The summed E-state index contributed by atoms with van der Waals surface area (Å²) in [7, 11) is 0. The van der Waals surface area contributed by atoms with E-state index in [-0.39, 0.29) is 0 Å². The highest BCUT2D eigenvalue weighted by molar-refractivity contribution is 6.11. The molecule has 0 unspecified atom stereocenters. The Kier molecular flexibility index (Phi) is 6.56. The average molecular weight is 636 g/mol. The molecule has 9 aromatic rings. The number of hydrogen-bond donors (Lipinski definition) is 0. The van der Waals surface area contributed by atoms with Crippen LogP contribution in [0.1, 0.15) is 5.56 Å². The molecule has 230 valence electrons. The molecule has 0 fully saturated rings. The number of rotatable bonds is 4. The third kappa shape index (κ3) is 4.31. The molecular formula is C45H25N5. The summed E-state index contributed by atoms with van der Waals surface area (Å²) in [6.07, 6.45) is 0. The molecule has 0 spiro atoms. The Morgan fingerprint density at radius 2 is 0.980 bits per heavy atom. The van der Waals surface area contributed by atoms with Gasteiger partial charge >= 0.3 is 0 Å². The summed E-state index contributed by atoms with van der Waals surface area (Å²) in [6.45, 7) is 15.9. The summed E-state index contributed by atoms with van der Waals surface area (Å²) in [6, 6.07) is 53.2. The van der Waals surface area contributed by atoms with E-state index in [4.69, 9.17) is 13.1 Å². The quantitative estimate of drug-likeness (QED) is 0.177. The van der Waals surface area contributed by atoms with Gasteiger partial charge in [-0.2, -0.15) is 5.26 Å². The van der Waals surface area contributed by atoms with Gasteiger partial charge in [-0.05, 0) is 70.6 Å². The maximum atomic E-state index is 10.2. The highest BCUT2D eigenvalue weighted by Gasteiger charge is 2.20. The molecule has 0 radical (unpaired) electrons. The van der Waals surface area contributed by atoms with Crippen molar-refractivity contribution in [1.29, 1.82) is 5.26 Å². The van der Waals surface area contributed by atoms with Gasteiger partial charge in [-0.3, -0.25) is 0 Å². The van der Waals surface area contributed by atoms with Gasteiger partial charge in [0.05, 0.1) is 58.2 Å². The molecule has 5 nitrogen and oxygen atoms in total. The van der Waals surface area contributed by atoms with Gasteiger partial charge in [-0.25, -0.2) is 9.69 Å². The molecule has 0 aliphatic rings. The largest absolute Gasteiger partial charge is 0.319 e. The van der Waals surface area contributed by atoms with Crippen molar-refractivity contribution in [3.8, 4) is 39.7 Å². The molecule has 5 heteroatoms. The van der Waals surface area contributed by atoms with Crippen molar-refractivity contribution in [3.05, 3.63) is 180 Å². The van der Waals surface area contributed by atoms with Gasteiger partial charge in [0.1, 0.15) is 0 Å². The van der Waals surface area contributed by atoms with Crippen LogP contribution < -0.4 is 0 Å². The minimum atomic E-state index is 0.492. The summed E-state index contributed by atoms with van der Waals surface area (Å²) < 4.78 is 4.38. The minimum absolute atomic E-state index is 0.492. The molecule has 7 aromatic carbocycles. The molecule has 0 atom stereocenters. The van der Waals surface area contributed by atoms with Crippen LogP contribution in [0.25, 0.3) is 86.9 Å². The van der Waals surface area contributed by atoms with Crippen molar-refractivity contribution in [1.82, 2.24) is 9.13 Å². The highest BCUT2D eigenvalue weighted by atomic mass is 15.0. The second-order valence-electron chi connectivity index (χ2n) is 12.2. The van der Waals surface area contributed by atoms with E-state index in [1.165, 1.54) is 0 Å². The number of benzene rings is 7. The molecule has 0 amide bonds. The van der Waals surface area contributed by atoms with Crippen molar-refractivity contribution in [3.63, 3.8) is 0 Å². The molecule has 9 rings (SSSR count). The highest BCUT2D eigenvalue weighted by Crippen LogP contribution is 2.43. The zero-order valence-electron chi connectivity index (χ0n) is 26.7. The lowest BCUT2D eigenvalue weighted by Crippen LogP contribution is -1.98. The lowest BCUT2D eigenvalue weighted by Gasteiger charge is -2.16. The normalized spacial score (nSPS) is 11.1. The summed E-state index contributed by atoms with van der Waals surface area (Å²) in [5.74, 6) is 0. The first-order chi connectivity index (χ1) is 24.7. The molecule has 0 aliphatic carbocycles. The van der Waals surface area contributed by atoms with Crippen LogP contribution in [0.3, 0.4) is 0 Å². The predicted octanol–water partition coefficient (Wildman–Crippen LogP) is 12.2. The molecule has 50 heavy (non-hydrogen) atoms. The second-order valence-corrected chi connectivity index (χ2v) is 12.2. The van der Waals surface area contributed by atoms with Crippen LogP contribution in [0.4, 0.5) is 11.4 Å². The van der Waals surface area contributed by atoms with E-state index in [9.17, 15) is 5.26 Å². The van der Waals surface area contributed by atoms with Crippen LogP contribution in [0.15, 0.2) is 152 Å². The first kappa shape index (κ1) is 28.8. The van der Waals surface area contributed by atoms with E-state index in [1.807, 2.05) is 91.0 Å². The number of para-hydroxylation sites is 4. The van der Waals surface area contributed by atoms with Gasteiger partial charge < -0.3 is 9.13 Å². The summed E-state index contributed by atoms with van der Waals surface area (Å²) >= 11 is 0. The first-order valence-corrected chi connectivity index (χ1v) is 16.2. The van der Waals surface area contributed by atoms with Gasteiger partial charge in [0, 0.05) is 21.7 Å². The number of hydrogen-bond acceptors (Lipinski definition) is 1. The molecule has 0 bridgehead atoms. The molecule has 0 N–H and O–H groups in total. The second kappa shape index (κ2) is 11.4. The first-order valence-electron chi connectivity index (χ1n) is 16.2. The summed E-state index contributed by atoms with van der Waals surface area (Å²) in [4.78, 5) is 7.77. The number of nitrogens with zero attached hydrogens (tertiary/aromatic N) is 5. The monoisotopic (exact) mass is 635 g/mol. The predicted molar refractivity (Wildman–Crippen MR) is 203 cm³/mol. The Morgan fingerprint density at radius 3 is 1.58 bits per heavy atom. The van der Waals surface area contributed by atoms with E-state index < -0.39 is 0 Å². The lowest BCUT2D eigenvalue weighted by atomic mass is 9.96. The van der Waals surface area contributed by atoms with Crippen LogP contribution in [-0.2, 0) is 0 Å². The molecule has 0 saturated heterocycles. The van der Waals surface area contributed by atoms with Crippen LogP contribution >= 0.6 is 0 Å². The Balaban J connectivity index is 1.21. The van der Waals surface area contributed by atoms with E-state index >= 15 is 0 Å². The third-order valence-electron chi connectivity index (χ3n) is 9.59. The van der Waals surface area contributed by atoms with Crippen molar-refractivity contribution in [2.24, 2.45) is 0 Å². The van der Waals surface area contributed by atoms with Gasteiger partial charge in [0.15, 0.2) is 5.69 Å². The van der Waals surface area contributed by atoms with Crippen LogP contribution in [0, 0.1) is 24.5 Å². The minimum Gasteiger partial charge on any atom is -0.319 e. The Bertz CT molecular complexity index is 2900. The Morgan fingerprint density at radius 1 is 0.460 bits per heavy atom. The fraction of sp³-hybridized carbons (Fsp3) is 0. The SMILES string of the molecule is [C-]#[N+]c1ccc2c(c1)c1ccccc1n2-c1ccccc1-c1ccc(-c2cc(C#N)cc(-n3c4ccccc4c4ccccc43)c2[N+]#[C-])cc1. The average Bonchev–Trinajstić information content (AvgIpc) is 3.70. The zero-order chi connectivity index (χ0) is 33.8. The Labute approximate surface area is 288 Å². The molecule has 0 saturated carbocycles. The van der Waals surface area contributed by atoms with Gasteiger partial charge in [-0.1, -0.05) is 103 Å². The van der Waals surface area contributed by atoms with E-state index in [1.54, 1.807) is 0 Å². The van der Waals surface area contributed by atoms with Crippen LogP contribution in [0.2, 0.25) is 0 Å². The van der Waals surface area contributed by atoms with Crippen molar-refractivity contribution in [2.75, 3.05) is 0 Å². The fourth-order valence-corrected chi connectivity index (χ4v) is 7.41. The number of aromatic nitrogens is 2. The lowest BCUT2D eigenvalue weighted by molar-refractivity contribution is 1.18. The van der Waals surface area contributed by atoms with Crippen molar-refractivity contribution in [2.45, 2.75) is 0 Å². The third-order valence-corrected chi connectivity index (χ3v) is 9.59. The number of nitriles is 1. The van der Waals surface area contributed by atoms with Gasteiger partial charge in [-0.15, -0.1) is 0 Å². The van der Waals surface area contributed by atoms with Gasteiger partial charge in [0.2, 0.25) is 5.69 Å². The maximum Gasteiger partial charge on any atom is 0.218 e. The van der Waals surface area contributed by atoms with Crippen molar-refractivity contribution >= 4 is 55.0 Å². The van der Waals surface area contributed by atoms with E-state index in [0.717, 1.165) is 66.0 Å². The maximum absolute atomic E-state index is 10.2. The van der Waals surface area contributed by atoms with Crippen molar-refractivity contribution < 1.29 is 0 Å². The molecule has 2 aromatic heterocycles. The molecular weight excluding hydrogens is 611 g/mol. The summed E-state index contributed by atoms with van der Waals surface area (Å²) in [5, 5.41) is 14.5. The molecule has 0 aliphatic heterocycles. The summed E-state index contributed by atoms with van der Waals surface area (Å²) in [5.41, 5.74) is 11.1. The van der Waals surface area contributed by atoms with E-state index in [0.29, 0.717) is 28.2 Å². The van der Waals surface area contributed by atoms with Crippen LogP contribution in [-0.4, -0.2) is 9.13 Å². The molecule has 2 heterocycles.